The second-order valence-electron chi connectivity index (χ2n) is 4.62. The van der Waals surface area contributed by atoms with E-state index in [0.717, 1.165) is 0 Å². The van der Waals surface area contributed by atoms with E-state index < -0.39 is 0 Å². The van der Waals surface area contributed by atoms with Crippen LogP contribution in [0.2, 0.25) is 0 Å². The van der Waals surface area contributed by atoms with Crippen LogP contribution in [0.1, 0.15) is 25.7 Å². The number of nitrogens with zero attached hydrogens (tertiary/aromatic N) is 1. The molecule has 2 aliphatic rings. The van der Waals surface area contributed by atoms with Gasteiger partial charge in [0.05, 0.1) is 0 Å². The van der Waals surface area contributed by atoms with E-state index in [1.165, 1.54) is 51.9 Å². The monoisotopic (exact) mass is 216 g/mol. The molecular formula is C11H25N2P. The Bertz CT molecular complexity index is 150. The SMILES string of the molecule is CN1CCCC2(CCCNC2)C1.CP. The van der Waals surface area contributed by atoms with Gasteiger partial charge in [-0.3, -0.25) is 0 Å². The van der Waals surface area contributed by atoms with Gasteiger partial charge in [-0.15, -0.1) is 9.24 Å². The van der Waals surface area contributed by atoms with E-state index in [4.69, 9.17) is 0 Å². The molecular weight excluding hydrogens is 191 g/mol. The van der Waals surface area contributed by atoms with Crippen LogP contribution >= 0.6 is 9.24 Å². The normalized spacial score (nSPS) is 33.6. The fourth-order valence-electron chi connectivity index (χ4n) is 2.83. The lowest BCUT2D eigenvalue weighted by Gasteiger charge is -2.44. The summed E-state index contributed by atoms with van der Waals surface area (Å²) in [5.74, 6) is 0. The number of rotatable bonds is 0. The molecule has 2 nitrogen and oxygen atoms in total. The second kappa shape index (κ2) is 6.05. The summed E-state index contributed by atoms with van der Waals surface area (Å²) in [6.45, 7) is 7.05. The van der Waals surface area contributed by atoms with Crippen molar-refractivity contribution in [1.29, 1.82) is 0 Å². The zero-order valence-corrected chi connectivity index (χ0v) is 10.8. The van der Waals surface area contributed by atoms with Gasteiger partial charge in [0.1, 0.15) is 0 Å². The Kier molecular flexibility index (Phi) is 5.36. The zero-order valence-electron chi connectivity index (χ0n) is 9.68. The summed E-state index contributed by atoms with van der Waals surface area (Å²) in [7, 11) is 4.68. The van der Waals surface area contributed by atoms with Gasteiger partial charge in [-0.25, -0.2) is 0 Å². The van der Waals surface area contributed by atoms with Gasteiger partial charge in [-0.1, -0.05) is 6.66 Å². The van der Waals surface area contributed by atoms with Gasteiger partial charge in [-0.2, -0.15) is 0 Å². The van der Waals surface area contributed by atoms with Crippen LogP contribution in [-0.2, 0) is 0 Å². The minimum absolute atomic E-state index is 0.644. The molecule has 0 amide bonds. The fourth-order valence-corrected chi connectivity index (χ4v) is 2.83. The quantitative estimate of drug-likeness (QED) is 0.618. The molecule has 0 saturated carbocycles. The van der Waals surface area contributed by atoms with E-state index in [-0.39, 0.29) is 0 Å². The van der Waals surface area contributed by atoms with E-state index in [2.05, 4.69) is 26.5 Å². The van der Waals surface area contributed by atoms with Gasteiger partial charge in [0.25, 0.3) is 0 Å². The van der Waals surface area contributed by atoms with Crippen molar-refractivity contribution in [3.8, 4) is 0 Å². The highest BCUT2D eigenvalue weighted by molar-refractivity contribution is 7.15. The van der Waals surface area contributed by atoms with Crippen molar-refractivity contribution in [1.82, 2.24) is 10.2 Å². The van der Waals surface area contributed by atoms with Crippen LogP contribution in [0.5, 0.6) is 0 Å². The maximum atomic E-state index is 3.54. The van der Waals surface area contributed by atoms with Gasteiger partial charge in [0.2, 0.25) is 0 Å². The van der Waals surface area contributed by atoms with Crippen LogP contribution in [0.4, 0.5) is 0 Å². The molecule has 2 unspecified atom stereocenters. The van der Waals surface area contributed by atoms with Gasteiger partial charge >= 0.3 is 0 Å². The van der Waals surface area contributed by atoms with Crippen LogP contribution in [0.25, 0.3) is 0 Å². The molecule has 2 rings (SSSR count). The Morgan fingerprint density at radius 2 is 1.93 bits per heavy atom. The zero-order chi connectivity index (χ0) is 10.4. The van der Waals surface area contributed by atoms with Gasteiger partial charge < -0.3 is 10.2 Å². The molecule has 2 fully saturated rings. The summed E-state index contributed by atoms with van der Waals surface area (Å²) < 4.78 is 0. The molecule has 1 N–H and O–H groups in total. The van der Waals surface area contributed by atoms with Gasteiger partial charge in [0.15, 0.2) is 0 Å². The van der Waals surface area contributed by atoms with Crippen LogP contribution in [0.15, 0.2) is 0 Å². The topological polar surface area (TPSA) is 15.3 Å². The summed E-state index contributed by atoms with van der Waals surface area (Å²) in [5, 5.41) is 3.54. The molecule has 0 aromatic heterocycles. The Morgan fingerprint density at radius 1 is 1.21 bits per heavy atom. The van der Waals surface area contributed by atoms with E-state index in [1.807, 2.05) is 6.66 Å². The van der Waals surface area contributed by atoms with Gasteiger partial charge in [-0.05, 0) is 51.2 Å². The third kappa shape index (κ3) is 3.18. The lowest BCUT2D eigenvalue weighted by molar-refractivity contribution is 0.0810. The van der Waals surface area contributed by atoms with Crippen LogP contribution in [0, 0.1) is 5.41 Å². The van der Waals surface area contributed by atoms with Crippen LogP contribution in [0.3, 0.4) is 0 Å². The molecule has 2 aliphatic heterocycles. The number of likely N-dealkylation sites (tertiary alicyclic amines) is 1. The number of piperidine rings is 2. The second-order valence-corrected chi connectivity index (χ2v) is 4.62. The molecule has 0 aromatic carbocycles. The highest BCUT2D eigenvalue weighted by Crippen LogP contribution is 2.35. The smallest absolute Gasteiger partial charge is 0.00471 e. The minimum atomic E-state index is 0.644. The third-order valence-electron chi connectivity index (χ3n) is 3.41. The Labute approximate surface area is 91.0 Å². The molecule has 84 valence electrons. The molecule has 14 heavy (non-hydrogen) atoms. The van der Waals surface area contributed by atoms with Crippen molar-refractivity contribution in [2.75, 3.05) is 39.9 Å². The van der Waals surface area contributed by atoms with E-state index in [9.17, 15) is 0 Å². The van der Waals surface area contributed by atoms with E-state index in [0.29, 0.717) is 5.41 Å². The first-order chi connectivity index (χ1) is 6.81. The standard InChI is InChI=1S/C10H20N2.CH5P/c1-12-7-3-5-10(9-12)4-2-6-11-8-10;1-2/h11H,2-9H2,1H3;2H2,1H3. The van der Waals surface area contributed by atoms with E-state index >= 15 is 0 Å². The van der Waals surface area contributed by atoms with Crippen LogP contribution in [-0.4, -0.2) is 44.8 Å². The first kappa shape index (κ1) is 12.4. The highest BCUT2D eigenvalue weighted by Gasteiger charge is 2.34. The summed E-state index contributed by atoms with van der Waals surface area (Å²) in [5.41, 5.74) is 0.644. The number of nitrogens with one attached hydrogen (secondary N) is 1. The molecule has 2 heterocycles. The Hall–Kier alpha value is 0.350. The fraction of sp³-hybridized carbons (Fsp3) is 1.00. The van der Waals surface area contributed by atoms with E-state index in [1.54, 1.807) is 0 Å². The predicted octanol–water partition coefficient (Wildman–Crippen LogP) is 1.57. The van der Waals surface area contributed by atoms with Crippen molar-refractivity contribution < 1.29 is 0 Å². The summed E-state index contributed by atoms with van der Waals surface area (Å²) in [6.07, 6.45) is 5.68. The predicted molar refractivity (Wildman–Crippen MR) is 66.9 cm³/mol. The van der Waals surface area contributed by atoms with Crippen molar-refractivity contribution in [2.24, 2.45) is 5.41 Å². The molecule has 0 aliphatic carbocycles. The lowest BCUT2D eigenvalue weighted by Crippen LogP contribution is -2.49. The maximum absolute atomic E-state index is 3.54. The minimum Gasteiger partial charge on any atom is -0.316 e. The molecule has 0 radical (unpaired) electrons. The third-order valence-corrected chi connectivity index (χ3v) is 3.41. The van der Waals surface area contributed by atoms with Crippen molar-refractivity contribution in [3.05, 3.63) is 0 Å². The largest absolute Gasteiger partial charge is 0.316 e. The summed E-state index contributed by atoms with van der Waals surface area (Å²) in [4.78, 5) is 2.50. The first-order valence-corrected chi connectivity index (χ1v) is 6.93. The number of hydrogen-bond donors (Lipinski definition) is 1. The van der Waals surface area contributed by atoms with Crippen molar-refractivity contribution in [3.63, 3.8) is 0 Å². The Morgan fingerprint density at radius 3 is 2.50 bits per heavy atom. The number of hydrogen-bond acceptors (Lipinski definition) is 2. The van der Waals surface area contributed by atoms with Crippen molar-refractivity contribution in [2.45, 2.75) is 25.7 Å². The molecule has 3 heteroatoms. The summed E-state index contributed by atoms with van der Waals surface area (Å²) in [6, 6.07) is 0. The average molecular weight is 216 g/mol. The van der Waals surface area contributed by atoms with Gasteiger partial charge in [0, 0.05) is 13.1 Å². The Balaban J connectivity index is 0.000000461. The van der Waals surface area contributed by atoms with Crippen LogP contribution < -0.4 is 5.32 Å². The molecule has 0 bridgehead atoms. The first-order valence-electron chi connectivity index (χ1n) is 5.78. The highest BCUT2D eigenvalue weighted by atomic mass is 31.0. The molecule has 0 aromatic rings. The summed E-state index contributed by atoms with van der Waals surface area (Å²) >= 11 is 0. The molecule has 2 atom stereocenters. The molecule has 1 spiro atoms. The van der Waals surface area contributed by atoms with Crippen molar-refractivity contribution >= 4 is 9.24 Å². The molecule has 2 saturated heterocycles. The maximum Gasteiger partial charge on any atom is 0.00471 e. The lowest BCUT2D eigenvalue weighted by atomic mass is 9.74. The average Bonchev–Trinajstić information content (AvgIpc) is 2.21.